The molecule has 0 radical (unpaired) electrons. The van der Waals surface area contributed by atoms with Gasteiger partial charge in [0, 0.05) is 5.69 Å². The van der Waals surface area contributed by atoms with Gasteiger partial charge >= 0.3 is 0 Å². The molecule has 0 saturated heterocycles. The first-order chi connectivity index (χ1) is 9.65. The maximum Gasteiger partial charge on any atom is 0.196 e. The number of nitrogens with two attached hydrogens (primary N) is 1. The molecule has 0 spiro atoms. The summed E-state index contributed by atoms with van der Waals surface area (Å²) in [7, 11) is 0. The summed E-state index contributed by atoms with van der Waals surface area (Å²) in [6, 6.07) is 6.90. The minimum Gasteiger partial charge on any atom is -0.370 e. The molecule has 1 unspecified atom stereocenters. The molecule has 2 N–H and O–H groups in total. The zero-order chi connectivity index (χ0) is 14.1. The molecule has 0 amide bonds. The molecule has 0 aromatic heterocycles. The lowest BCUT2D eigenvalue weighted by atomic mass is 9.79. The van der Waals surface area contributed by atoms with Crippen LogP contribution < -0.4 is 10.6 Å². The van der Waals surface area contributed by atoms with Crippen LogP contribution in [0.5, 0.6) is 0 Å². The molecule has 108 valence electrons. The van der Waals surface area contributed by atoms with Crippen molar-refractivity contribution in [2.45, 2.75) is 38.6 Å². The van der Waals surface area contributed by atoms with Crippen molar-refractivity contribution >= 4 is 11.6 Å². The van der Waals surface area contributed by atoms with Crippen LogP contribution in [0.15, 0.2) is 29.3 Å². The highest BCUT2D eigenvalue weighted by Gasteiger charge is 2.35. The highest BCUT2D eigenvalue weighted by molar-refractivity contribution is 5.97. The minimum absolute atomic E-state index is 0.216. The maximum absolute atomic E-state index is 13.1. The molecule has 1 fully saturated rings. The van der Waals surface area contributed by atoms with Gasteiger partial charge in [0.05, 0.1) is 12.6 Å². The van der Waals surface area contributed by atoms with Gasteiger partial charge < -0.3 is 10.6 Å². The zero-order valence-electron chi connectivity index (χ0n) is 11.9. The Morgan fingerprint density at radius 2 is 1.80 bits per heavy atom. The van der Waals surface area contributed by atoms with Crippen LogP contribution in [0.25, 0.3) is 0 Å². The smallest absolute Gasteiger partial charge is 0.196 e. The lowest BCUT2D eigenvalue weighted by Gasteiger charge is -2.36. The van der Waals surface area contributed by atoms with E-state index in [0.717, 1.165) is 18.2 Å². The monoisotopic (exact) mass is 275 g/mol. The summed E-state index contributed by atoms with van der Waals surface area (Å²) in [5.41, 5.74) is 7.01. The van der Waals surface area contributed by atoms with E-state index in [1.807, 2.05) is 0 Å². The van der Waals surface area contributed by atoms with E-state index in [9.17, 15) is 4.39 Å². The summed E-state index contributed by atoms with van der Waals surface area (Å²) < 4.78 is 13.1. The number of hydrogen-bond acceptors (Lipinski definition) is 3. The van der Waals surface area contributed by atoms with E-state index >= 15 is 0 Å². The van der Waals surface area contributed by atoms with Crippen LogP contribution in [0.2, 0.25) is 0 Å². The highest BCUT2D eigenvalue weighted by atomic mass is 19.1. The van der Waals surface area contributed by atoms with Crippen LogP contribution in [0.4, 0.5) is 10.1 Å². The summed E-state index contributed by atoms with van der Waals surface area (Å²) >= 11 is 0. The van der Waals surface area contributed by atoms with Crippen molar-refractivity contribution in [2.75, 3.05) is 11.4 Å². The Kier molecular flexibility index (Phi) is 3.64. The second-order valence-corrected chi connectivity index (χ2v) is 6.13. The predicted octanol–water partition coefficient (Wildman–Crippen LogP) is 3.16. The van der Waals surface area contributed by atoms with Gasteiger partial charge in [-0.15, -0.1) is 0 Å². The molecular formula is C16H22FN3. The van der Waals surface area contributed by atoms with E-state index in [-0.39, 0.29) is 5.82 Å². The summed E-state index contributed by atoms with van der Waals surface area (Å²) in [4.78, 5) is 6.52. The Balaban J connectivity index is 1.79. The topological polar surface area (TPSA) is 41.6 Å². The van der Waals surface area contributed by atoms with Crippen LogP contribution in [0, 0.1) is 17.7 Å². The molecule has 1 atom stereocenters. The quantitative estimate of drug-likeness (QED) is 0.900. The molecule has 1 saturated carbocycles. The number of hydrogen-bond donors (Lipinski definition) is 1. The number of benzene rings is 1. The average Bonchev–Trinajstić information content (AvgIpc) is 2.83. The van der Waals surface area contributed by atoms with Crippen LogP contribution in [0.3, 0.4) is 0 Å². The molecule has 2 aliphatic rings. The van der Waals surface area contributed by atoms with Gasteiger partial charge in [0.15, 0.2) is 5.96 Å². The van der Waals surface area contributed by atoms with E-state index < -0.39 is 0 Å². The van der Waals surface area contributed by atoms with E-state index in [0.29, 0.717) is 17.9 Å². The molecule has 3 rings (SSSR count). The van der Waals surface area contributed by atoms with Gasteiger partial charge in [-0.3, -0.25) is 4.99 Å². The fourth-order valence-electron chi connectivity index (χ4n) is 3.47. The van der Waals surface area contributed by atoms with Gasteiger partial charge in [-0.05, 0) is 48.9 Å². The summed E-state index contributed by atoms with van der Waals surface area (Å²) in [5, 5.41) is 0. The Morgan fingerprint density at radius 3 is 2.45 bits per heavy atom. The van der Waals surface area contributed by atoms with Crippen molar-refractivity contribution in [1.29, 1.82) is 0 Å². The Morgan fingerprint density at radius 1 is 1.15 bits per heavy atom. The molecule has 1 aliphatic heterocycles. The molecule has 20 heavy (non-hydrogen) atoms. The first kappa shape index (κ1) is 13.4. The average molecular weight is 275 g/mol. The molecule has 1 aromatic carbocycles. The third kappa shape index (κ3) is 2.51. The van der Waals surface area contributed by atoms with E-state index in [4.69, 9.17) is 5.73 Å². The van der Waals surface area contributed by atoms with Crippen molar-refractivity contribution in [3.05, 3.63) is 30.1 Å². The number of aliphatic imine (C=N–C) groups is 1. The Labute approximate surface area is 119 Å². The van der Waals surface area contributed by atoms with Crippen molar-refractivity contribution in [1.82, 2.24) is 0 Å². The molecule has 3 nitrogen and oxygen atoms in total. The van der Waals surface area contributed by atoms with Crippen LogP contribution in [0.1, 0.15) is 32.6 Å². The number of nitrogens with zero attached hydrogens (tertiary/aromatic N) is 2. The molecule has 4 heteroatoms. The van der Waals surface area contributed by atoms with Gasteiger partial charge in [-0.25, -0.2) is 4.39 Å². The Bertz CT molecular complexity index is 489. The van der Waals surface area contributed by atoms with E-state index in [1.54, 1.807) is 12.1 Å². The fraction of sp³-hybridized carbons (Fsp3) is 0.562. The van der Waals surface area contributed by atoms with E-state index in [2.05, 4.69) is 16.8 Å². The van der Waals surface area contributed by atoms with Crippen molar-refractivity contribution < 1.29 is 4.39 Å². The second kappa shape index (κ2) is 5.43. The van der Waals surface area contributed by atoms with Crippen molar-refractivity contribution in [3.63, 3.8) is 0 Å². The largest absolute Gasteiger partial charge is 0.370 e. The molecule has 1 aromatic rings. The van der Waals surface area contributed by atoms with Gasteiger partial charge in [0.1, 0.15) is 5.82 Å². The van der Waals surface area contributed by atoms with Gasteiger partial charge in [0.2, 0.25) is 0 Å². The Hall–Kier alpha value is -1.58. The van der Waals surface area contributed by atoms with Gasteiger partial charge in [-0.1, -0.05) is 19.8 Å². The van der Waals surface area contributed by atoms with E-state index in [1.165, 1.54) is 37.8 Å². The zero-order valence-corrected chi connectivity index (χ0v) is 11.9. The molecule has 1 heterocycles. The summed E-state index contributed by atoms with van der Waals surface area (Å²) in [6.45, 7) is 3.09. The van der Waals surface area contributed by atoms with Crippen molar-refractivity contribution in [2.24, 2.45) is 22.6 Å². The number of halogens is 1. The fourth-order valence-corrected chi connectivity index (χ4v) is 3.47. The number of guanidine groups is 1. The lowest BCUT2D eigenvalue weighted by molar-refractivity contribution is 0.261. The number of rotatable bonds is 2. The van der Waals surface area contributed by atoms with Crippen LogP contribution >= 0.6 is 0 Å². The predicted molar refractivity (Wildman–Crippen MR) is 80.3 cm³/mol. The lowest BCUT2D eigenvalue weighted by Crippen LogP contribution is -2.45. The summed E-state index contributed by atoms with van der Waals surface area (Å²) in [6.07, 6.45) is 5.06. The van der Waals surface area contributed by atoms with Crippen molar-refractivity contribution in [3.8, 4) is 0 Å². The second-order valence-electron chi connectivity index (χ2n) is 6.13. The SMILES string of the molecule is CC1CCC(C2CN=C(N)N2c2ccc(F)cc2)CC1. The van der Waals surface area contributed by atoms with Gasteiger partial charge in [-0.2, -0.15) is 0 Å². The van der Waals surface area contributed by atoms with Crippen LogP contribution in [-0.4, -0.2) is 18.5 Å². The summed E-state index contributed by atoms with van der Waals surface area (Å²) in [5.74, 6) is 1.83. The molecular weight excluding hydrogens is 253 g/mol. The van der Waals surface area contributed by atoms with Crippen LogP contribution in [-0.2, 0) is 0 Å². The number of anilines is 1. The third-order valence-electron chi connectivity index (χ3n) is 4.73. The minimum atomic E-state index is -0.216. The first-order valence-electron chi connectivity index (χ1n) is 7.50. The van der Waals surface area contributed by atoms with Gasteiger partial charge in [0.25, 0.3) is 0 Å². The standard InChI is InChI=1S/C16H22FN3/c1-11-2-4-12(5-3-11)15-10-19-16(18)20(15)14-8-6-13(17)7-9-14/h6-9,11-12,15H,2-5,10H2,1H3,(H2,18,19). The highest BCUT2D eigenvalue weighted by Crippen LogP contribution is 2.35. The molecule has 0 bridgehead atoms. The normalized spacial score (nSPS) is 30.4. The first-order valence-corrected chi connectivity index (χ1v) is 7.50. The maximum atomic E-state index is 13.1. The third-order valence-corrected chi connectivity index (χ3v) is 4.73. The molecule has 1 aliphatic carbocycles.